The van der Waals surface area contributed by atoms with E-state index in [1.165, 1.54) is 22.8 Å². The number of aryl methyl sites for hydroxylation is 1. The molecule has 0 spiro atoms. The molecule has 2 N–H and O–H groups in total. The lowest BCUT2D eigenvalue weighted by Gasteiger charge is -2.21. The van der Waals surface area contributed by atoms with Crippen molar-refractivity contribution >= 4 is 18.4 Å². The van der Waals surface area contributed by atoms with Crippen LogP contribution in [0.25, 0.3) is 0 Å². The quantitative estimate of drug-likeness (QED) is 0.686. The highest BCUT2D eigenvalue weighted by atomic mass is 35.5. The van der Waals surface area contributed by atoms with Crippen LogP contribution in [0.5, 0.6) is 0 Å². The minimum atomic E-state index is -0.275. The summed E-state index contributed by atoms with van der Waals surface area (Å²) in [6, 6.07) is 6.82. The number of halogens is 1. The highest BCUT2D eigenvalue weighted by Gasteiger charge is 2.15. The van der Waals surface area contributed by atoms with Crippen molar-refractivity contribution < 1.29 is 9.53 Å². The molecule has 0 aliphatic heterocycles. The van der Waals surface area contributed by atoms with Crippen LogP contribution < -0.4 is 5.73 Å². The van der Waals surface area contributed by atoms with Crippen LogP contribution in [0.1, 0.15) is 30.0 Å². The lowest BCUT2D eigenvalue weighted by atomic mass is 9.87. The van der Waals surface area contributed by atoms with Gasteiger partial charge in [-0.25, -0.2) is 4.79 Å². The van der Waals surface area contributed by atoms with Crippen molar-refractivity contribution in [2.75, 3.05) is 6.61 Å². The van der Waals surface area contributed by atoms with E-state index in [1.54, 1.807) is 6.92 Å². The standard InChI is InChI=1S/C16H21NO2.ClH/c1-2-19-16(18)5-3-4-12-6-7-13-8-9-15(17)11-14(13)10-12;/h3,5-7,10,15H,2,4,8-9,11,17H2,1H3;1H. The van der Waals surface area contributed by atoms with E-state index in [0.717, 1.165) is 25.7 Å². The van der Waals surface area contributed by atoms with Crippen molar-refractivity contribution in [1.82, 2.24) is 0 Å². The van der Waals surface area contributed by atoms with Crippen LogP contribution in [0, 0.1) is 0 Å². The van der Waals surface area contributed by atoms with Crippen LogP contribution in [0.3, 0.4) is 0 Å². The topological polar surface area (TPSA) is 52.3 Å². The fourth-order valence-corrected chi connectivity index (χ4v) is 2.45. The number of carbonyl (C=O) groups is 1. The Bertz CT molecular complexity index is 485. The summed E-state index contributed by atoms with van der Waals surface area (Å²) in [5.41, 5.74) is 9.99. The van der Waals surface area contributed by atoms with Gasteiger partial charge >= 0.3 is 5.97 Å². The maximum atomic E-state index is 11.2. The van der Waals surface area contributed by atoms with Crippen LogP contribution in [0.15, 0.2) is 30.4 Å². The molecule has 0 heterocycles. The monoisotopic (exact) mass is 295 g/mol. The average molecular weight is 296 g/mol. The molecule has 20 heavy (non-hydrogen) atoms. The number of hydrogen-bond acceptors (Lipinski definition) is 3. The Kier molecular flexibility index (Phi) is 6.76. The van der Waals surface area contributed by atoms with E-state index >= 15 is 0 Å². The van der Waals surface area contributed by atoms with Gasteiger partial charge in [0.25, 0.3) is 0 Å². The van der Waals surface area contributed by atoms with E-state index in [4.69, 9.17) is 10.5 Å². The van der Waals surface area contributed by atoms with Crippen molar-refractivity contribution in [2.45, 2.75) is 38.6 Å². The molecule has 3 nitrogen and oxygen atoms in total. The van der Waals surface area contributed by atoms with Gasteiger partial charge in [-0.05, 0) is 49.3 Å². The second kappa shape index (κ2) is 8.08. The lowest BCUT2D eigenvalue weighted by molar-refractivity contribution is -0.137. The molecular weight excluding hydrogens is 274 g/mol. The zero-order chi connectivity index (χ0) is 13.7. The fraction of sp³-hybridized carbons (Fsp3) is 0.438. The Hall–Kier alpha value is -1.32. The molecule has 0 saturated carbocycles. The van der Waals surface area contributed by atoms with Gasteiger partial charge in [0.05, 0.1) is 6.61 Å². The van der Waals surface area contributed by atoms with E-state index < -0.39 is 0 Å². The van der Waals surface area contributed by atoms with Gasteiger partial charge in [-0.1, -0.05) is 24.3 Å². The van der Waals surface area contributed by atoms with Gasteiger partial charge in [-0.3, -0.25) is 0 Å². The molecule has 0 radical (unpaired) electrons. The second-order valence-corrected chi connectivity index (χ2v) is 4.96. The van der Waals surface area contributed by atoms with Crippen molar-refractivity contribution in [2.24, 2.45) is 5.73 Å². The third kappa shape index (κ3) is 4.66. The third-order valence-electron chi connectivity index (χ3n) is 3.43. The van der Waals surface area contributed by atoms with Gasteiger partial charge < -0.3 is 10.5 Å². The van der Waals surface area contributed by atoms with E-state index in [1.807, 2.05) is 6.08 Å². The molecule has 1 unspecified atom stereocenters. The Morgan fingerprint density at radius 3 is 3.00 bits per heavy atom. The van der Waals surface area contributed by atoms with Gasteiger partial charge in [0.2, 0.25) is 0 Å². The predicted molar refractivity (Wildman–Crippen MR) is 83.2 cm³/mol. The number of nitrogens with two attached hydrogens (primary N) is 1. The second-order valence-electron chi connectivity index (χ2n) is 4.96. The molecule has 0 saturated heterocycles. The van der Waals surface area contributed by atoms with Crippen LogP contribution in [0.4, 0.5) is 0 Å². The van der Waals surface area contributed by atoms with Gasteiger partial charge in [0.15, 0.2) is 0 Å². The largest absolute Gasteiger partial charge is 0.463 e. The van der Waals surface area contributed by atoms with Crippen molar-refractivity contribution in [3.05, 3.63) is 47.0 Å². The molecule has 1 aliphatic carbocycles. The van der Waals surface area contributed by atoms with E-state index in [-0.39, 0.29) is 24.4 Å². The van der Waals surface area contributed by atoms with E-state index in [0.29, 0.717) is 6.61 Å². The summed E-state index contributed by atoms with van der Waals surface area (Å²) in [4.78, 5) is 11.2. The molecule has 4 heteroatoms. The van der Waals surface area contributed by atoms with E-state index in [2.05, 4.69) is 18.2 Å². The van der Waals surface area contributed by atoms with Crippen molar-refractivity contribution in [3.63, 3.8) is 0 Å². The predicted octanol–water partition coefficient (Wildman–Crippen LogP) is 2.59. The summed E-state index contributed by atoms with van der Waals surface area (Å²) in [7, 11) is 0. The first-order valence-corrected chi connectivity index (χ1v) is 6.88. The molecule has 110 valence electrons. The fourth-order valence-electron chi connectivity index (χ4n) is 2.45. The molecule has 0 fully saturated rings. The van der Waals surface area contributed by atoms with Crippen LogP contribution in [-0.2, 0) is 28.8 Å². The van der Waals surface area contributed by atoms with Crippen LogP contribution >= 0.6 is 12.4 Å². The molecular formula is C16H22ClNO2. The summed E-state index contributed by atoms with van der Waals surface area (Å²) in [6.07, 6.45) is 7.22. The number of allylic oxidation sites excluding steroid dienone is 1. The molecule has 2 rings (SSSR count). The summed E-state index contributed by atoms with van der Waals surface area (Å²) in [6.45, 7) is 2.22. The molecule has 0 aromatic heterocycles. The molecule has 1 atom stereocenters. The number of rotatable bonds is 4. The minimum absolute atomic E-state index is 0. The third-order valence-corrected chi connectivity index (χ3v) is 3.43. The van der Waals surface area contributed by atoms with Gasteiger partial charge in [-0.2, -0.15) is 0 Å². The van der Waals surface area contributed by atoms with Gasteiger partial charge in [0.1, 0.15) is 0 Å². The average Bonchev–Trinajstić information content (AvgIpc) is 2.38. The maximum Gasteiger partial charge on any atom is 0.330 e. The van der Waals surface area contributed by atoms with Gasteiger partial charge in [-0.15, -0.1) is 12.4 Å². The number of carbonyl (C=O) groups excluding carboxylic acids is 1. The molecule has 1 aromatic rings. The smallest absolute Gasteiger partial charge is 0.330 e. The maximum absolute atomic E-state index is 11.2. The zero-order valence-electron chi connectivity index (χ0n) is 11.8. The summed E-state index contributed by atoms with van der Waals surface area (Å²) in [5, 5.41) is 0. The number of esters is 1. The molecule has 0 bridgehead atoms. The van der Waals surface area contributed by atoms with Gasteiger partial charge in [0, 0.05) is 12.1 Å². The Morgan fingerprint density at radius 2 is 2.25 bits per heavy atom. The summed E-state index contributed by atoms with van der Waals surface area (Å²) in [5.74, 6) is -0.275. The number of ether oxygens (including phenoxy) is 1. The van der Waals surface area contributed by atoms with Crippen LogP contribution in [0.2, 0.25) is 0 Å². The van der Waals surface area contributed by atoms with E-state index in [9.17, 15) is 4.79 Å². The molecule has 1 aliphatic rings. The first-order valence-electron chi connectivity index (χ1n) is 6.88. The minimum Gasteiger partial charge on any atom is -0.463 e. The number of fused-ring (bicyclic) bond motifs is 1. The number of benzene rings is 1. The molecule has 0 amide bonds. The normalized spacial score (nSPS) is 17.4. The number of hydrogen-bond donors (Lipinski definition) is 1. The van der Waals surface area contributed by atoms with Crippen LogP contribution in [-0.4, -0.2) is 18.6 Å². The summed E-state index contributed by atoms with van der Waals surface area (Å²) < 4.78 is 4.84. The first kappa shape index (κ1) is 16.7. The molecule has 1 aromatic carbocycles. The Labute approximate surface area is 126 Å². The Balaban J connectivity index is 0.00000200. The van der Waals surface area contributed by atoms with Crippen molar-refractivity contribution in [3.8, 4) is 0 Å². The Morgan fingerprint density at radius 1 is 1.45 bits per heavy atom. The highest BCUT2D eigenvalue weighted by molar-refractivity contribution is 5.85. The lowest BCUT2D eigenvalue weighted by Crippen LogP contribution is -2.27. The highest BCUT2D eigenvalue weighted by Crippen LogP contribution is 2.22. The van der Waals surface area contributed by atoms with Crippen molar-refractivity contribution in [1.29, 1.82) is 0 Å². The first-order chi connectivity index (χ1) is 9.19. The SMILES string of the molecule is CCOC(=O)C=CCc1ccc2c(c1)CC(N)CC2.Cl. The summed E-state index contributed by atoms with van der Waals surface area (Å²) >= 11 is 0. The zero-order valence-corrected chi connectivity index (χ0v) is 12.6.